The Morgan fingerprint density at radius 3 is 2.81 bits per heavy atom. The Morgan fingerprint density at radius 1 is 1.46 bits per heavy atom. The third-order valence-corrected chi connectivity index (χ3v) is 4.87. The predicted molar refractivity (Wildman–Crippen MR) is 103 cm³/mol. The molecule has 136 valence electrons. The van der Waals surface area contributed by atoms with Crippen LogP contribution in [0.25, 0.3) is 10.8 Å². The van der Waals surface area contributed by atoms with Gasteiger partial charge in [0.25, 0.3) is 5.56 Å². The second kappa shape index (κ2) is 7.29. The number of nitrogens with one attached hydrogen (secondary N) is 2. The minimum Gasteiger partial charge on any atom is -0.386 e. The predicted octanol–water partition coefficient (Wildman–Crippen LogP) is 2.10. The van der Waals surface area contributed by atoms with E-state index >= 15 is 0 Å². The minimum atomic E-state index is -0.876. The van der Waals surface area contributed by atoms with Crippen LogP contribution in [-0.2, 0) is 4.79 Å². The third-order valence-electron chi connectivity index (χ3n) is 4.55. The van der Waals surface area contributed by atoms with Gasteiger partial charge in [-0.15, -0.1) is 0 Å². The molecule has 3 rings (SSSR count). The van der Waals surface area contributed by atoms with Crippen molar-refractivity contribution in [2.45, 2.75) is 19.4 Å². The number of hydrogen-bond acceptors (Lipinski definition) is 4. The van der Waals surface area contributed by atoms with Crippen LogP contribution in [0, 0.1) is 11.3 Å². The van der Waals surface area contributed by atoms with Gasteiger partial charge in [-0.3, -0.25) is 14.6 Å². The number of pyridine rings is 1. The monoisotopic (exact) mass is 373 g/mol. The van der Waals surface area contributed by atoms with Crippen molar-refractivity contribution in [2.24, 2.45) is 16.6 Å². The number of aliphatic imine (C=N–C) groups is 1. The number of amidine groups is 1. The van der Waals surface area contributed by atoms with Crippen LogP contribution in [0.2, 0.25) is 5.02 Å². The van der Waals surface area contributed by atoms with Crippen molar-refractivity contribution in [2.75, 3.05) is 13.1 Å². The summed E-state index contributed by atoms with van der Waals surface area (Å²) < 4.78 is 0. The maximum Gasteiger partial charge on any atom is 0.257 e. The standard InChI is InChI=1S/C18H20ClN5O2/c1-10(22-16(21)12(9-20)18(26)24-6-3-7-24)14-8-11-4-2-5-13(19)15(11)17(25)23-14/h2,4-5,8-10,12,20H,3,6-7H2,1H3,(H2,21,22)(H,23,25). The Bertz CT molecular complexity index is 948. The first-order valence-electron chi connectivity index (χ1n) is 8.36. The number of likely N-dealkylation sites (tertiary alicyclic amines) is 1. The number of nitrogens with two attached hydrogens (primary N) is 1. The maximum absolute atomic E-state index is 12.3. The van der Waals surface area contributed by atoms with Gasteiger partial charge in [0.1, 0.15) is 11.8 Å². The molecule has 1 aliphatic heterocycles. The van der Waals surface area contributed by atoms with Crippen molar-refractivity contribution >= 4 is 40.3 Å². The van der Waals surface area contributed by atoms with Gasteiger partial charge in [0.05, 0.1) is 16.5 Å². The molecule has 0 aliphatic carbocycles. The minimum absolute atomic E-state index is 0.0661. The number of hydrogen-bond donors (Lipinski definition) is 3. The van der Waals surface area contributed by atoms with E-state index in [0.717, 1.165) is 12.6 Å². The number of carbonyl (C=O) groups is 1. The highest BCUT2D eigenvalue weighted by Gasteiger charge is 2.29. The molecule has 1 fully saturated rings. The summed E-state index contributed by atoms with van der Waals surface area (Å²) in [5, 5.41) is 9.04. The highest BCUT2D eigenvalue weighted by atomic mass is 35.5. The lowest BCUT2D eigenvalue weighted by molar-refractivity contribution is -0.134. The number of halogens is 1. The van der Waals surface area contributed by atoms with Crippen LogP contribution >= 0.6 is 11.6 Å². The third kappa shape index (κ3) is 3.35. The van der Waals surface area contributed by atoms with Gasteiger partial charge in [0.15, 0.2) is 0 Å². The van der Waals surface area contributed by atoms with E-state index in [1.807, 2.05) is 0 Å². The summed E-state index contributed by atoms with van der Waals surface area (Å²) in [4.78, 5) is 33.4. The Kier molecular flexibility index (Phi) is 5.08. The molecule has 1 aromatic heterocycles. The van der Waals surface area contributed by atoms with Gasteiger partial charge in [0, 0.05) is 25.0 Å². The molecule has 0 radical (unpaired) electrons. The summed E-state index contributed by atoms with van der Waals surface area (Å²) in [5.41, 5.74) is 6.26. The first kappa shape index (κ1) is 18.1. The zero-order valence-corrected chi connectivity index (χ0v) is 15.1. The zero-order valence-electron chi connectivity index (χ0n) is 14.3. The van der Waals surface area contributed by atoms with E-state index in [1.165, 1.54) is 0 Å². The highest BCUT2D eigenvalue weighted by Crippen LogP contribution is 2.23. The molecule has 1 amide bonds. The molecule has 2 aromatic rings. The van der Waals surface area contributed by atoms with Crippen molar-refractivity contribution in [3.8, 4) is 0 Å². The van der Waals surface area contributed by atoms with Crippen molar-refractivity contribution in [3.05, 3.63) is 45.3 Å². The van der Waals surface area contributed by atoms with E-state index in [-0.39, 0.29) is 17.3 Å². The number of rotatable bonds is 5. The quantitative estimate of drug-likeness (QED) is 0.550. The Hall–Kier alpha value is -2.67. The van der Waals surface area contributed by atoms with Crippen LogP contribution in [0.4, 0.5) is 0 Å². The number of aromatic nitrogens is 1. The Morgan fingerprint density at radius 2 is 2.19 bits per heavy atom. The second-order valence-corrected chi connectivity index (χ2v) is 6.72. The van der Waals surface area contributed by atoms with Gasteiger partial charge >= 0.3 is 0 Å². The van der Waals surface area contributed by atoms with Crippen LogP contribution in [0.5, 0.6) is 0 Å². The highest BCUT2D eigenvalue weighted by molar-refractivity contribution is 6.35. The Balaban J connectivity index is 1.90. The van der Waals surface area contributed by atoms with Crippen LogP contribution in [-0.4, -0.2) is 40.9 Å². The molecule has 26 heavy (non-hydrogen) atoms. The van der Waals surface area contributed by atoms with E-state index < -0.39 is 12.0 Å². The van der Waals surface area contributed by atoms with Crippen molar-refractivity contribution in [1.29, 1.82) is 5.41 Å². The summed E-state index contributed by atoms with van der Waals surface area (Å²) in [5.74, 6) is -1.02. The first-order chi connectivity index (χ1) is 12.4. The van der Waals surface area contributed by atoms with E-state index in [2.05, 4.69) is 9.98 Å². The second-order valence-electron chi connectivity index (χ2n) is 6.31. The smallest absolute Gasteiger partial charge is 0.257 e. The molecule has 0 bridgehead atoms. The van der Waals surface area contributed by atoms with Gasteiger partial charge < -0.3 is 21.0 Å². The lowest BCUT2D eigenvalue weighted by Crippen LogP contribution is -2.49. The maximum atomic E-state index is 12.3. The molecule has 2 atom stereocenters. The molecule has 2 unspecified atom stereocenters. The SMILES string of the molecule is CC(N=C(N)C(C=N)C(=O)N1CCC1)c1cc2cccc(Cl)c2c(=O)[nH]1. The van der Waals surface area contributed by atoms with Crippen molar-refractivity contribution in [1.82, 2.24) is 9.88 Å². The molecule has 0 saturated carbocycles. The number of carbonyl (C=O) groups excluding carboxylic acids is 1. The molecule has 0 spiro atoms. The van der Waals surface area contributed by atoms with Gasteiger partial charge in [0.2, 0.25) is 5.91 Å². The summed E-state index contributed by atoms with van der Waals surface area (Å²) >= 11 is 6.09. The largest absolute Gasteiger partial charge is 0.386 e. The average Bonchev–Trinajstić information content (AvgIpc) is 2.53. The molecule has 7 nitrogen and oxygen atoms in total. The zero-order chi connectivity index (χ0) is 18.8. The molecular formula is C18H20ClN5O2. The van der Waals surface area contributed by atoms with Gasteiger partial charge in [-0.05, 0) is 30.9 Å². The molecule has 4 N–H and O–H groups in total. The number of nitrogens with zero attached hydrogens (tertiary/aromatic N) is 2. The van der Waals surface area contributed by atoms with Crippen LogP contribution in [0.1, 0.15) is 25.1 Å². The summed E-state index contributed by atoms with van der Waals surface area (Å²) in [6.45, 7) is 3.14. The van der Waals surface area contributed by atoms with E-state index in [4.69, 9.17) is 22.7 Å². The summed E-state index contributed by atoms with van der Waals surface area (Å²) in [7, 11) is 0. The lowest BCUT2D eigenvalue weighted by Gasteiger charge is -2.33. The Labute approximate surface area is 155 Å². The summed E-state index contributed by atoms with van der Waals surface area (Å²) in [6.07, 6.45) is 1.97. The van der Waals surface area contributed by atoms with E-state index in [1.54, 1.807) is 36.1 Å². The fraction of sp³-hybridized carbons (Fsp3) is 0.333. The molecule has 8 heteroatoms. The lowest BCUT2D eigenvalue weighted by atomic mass is 10.0. The van der Waals surface area contributed by atoms with Crippen LogP contribution < -0.4 is 11.3 Å². The van der Waals surface area contributed by atoms with Crippen molar-refractivity contribution in [3.63, 3.8) is 0 Å². The van der Waals surface area contributed by atoms with Gasteiger partial charge in [-0.1, -0.05) is 23.7 Å². The van der Waals surface area contributed by atoms with Crippen molar-refractivity contribution < 1.29 is 4.79 Å². The van der Waals surface area contributed by atoms with E-state index in [9.17, 15) is 9.59 Å². The molecular weight excluding hydrogens is 354 g/mol. The number of benzene rings is 1. The number of fused-ring (bicyclic) bond motifs is 1. The topological polar surface area (TPSA) is 115 Å². The number of aromatic amines is 1. The fourth-order valence-electron chi connectivity index (χ4n) is 2.91. The molecule has 2 heterocycles. The molecule has 1 saturated heterocycles. The first-order valence-corrected chi connectivity index (χ1v) is 8.74. The van der Waals surface area contributed by atoms with Gasteiger partial charge in [-0.2, -0.15) is 0 Å². The van der Waals surface area contributed by atoms with Crippen LogP contribution in [0.3, 0.4) is 0 Å². The number of H-pyrrole nitrogens is 1. The van der Waals surface area contributed by atoms with Gasteiger partial charge in [-0.25, -0.2) is 0 Å². The average molecular weight is 374 g/mol. The normalized spacial score (nSPS) is 16.8. The summed E-state index contributed by atoms with van der Waals surface area (Å²) in [6, 6.07) is 6.55. The number of amides is 1. The molecule has 1 aromatic carbocycles. The fourth-order valence-corrected chi connectivity index (χ4v) is 3.18. The molecule has 1 aliphatic rings. The van der Waals surface area contributed by atoms with E-state index in [0.29, 0.717) is 34.6 Å². The van der Waals surface area contributed by atoms with Crippen LogP contribution in [0.15, 0.2) is 34.1 Å².